The molecule has 0 saturated carbocycles. The number of nitrogens with one attached hydrogen (secondary N) is 1. The molecule has 0 aliphatic carbocycles. The summed E-state index contributed by atoms with van der Waals surface area (Å²) < 4.78 is 39.2. The lowest BCUT2D eigenvalue weighted by molar-refractivity contribution is -0.174. The van der Waals surface area contributed by atoms with Crippen molar-refractivity contribution in [3.05, 3.63) is 0 Å². The molecular weight excluding hydrogens is 217 g/mol. The van der Waals surface area contributed by atoms with Gasteiger partial charge < -0.3 is 9.64 Å². The highest BCUT2D eigenvalue weighted by Gasteiger charge is 2.29. The molecule has 0 atom stereocenters. The average Bonchev–Trinajstić information content (AvgIpc) is 2.37. The molecule has 0 aromatic heterocycles. The van der Waals surface area contributed by atoms with Crippen LogP contribution in [0.15, 0.2) is 0 Å². The van der Waals surface area contributed by atoms with E-state index in [0.29, 0.717) is 0 Å². The third-order valence-corrected chi connectivity index (χ3v) is 1.64. The van der Waals surface area contributed by atoms with E-state index in [1.165, 1.54) is 0 Å². The van der Waals surface area contributed by atoms with Gasteiger partial charge in [-0.1, -0.05) is 0 Å². The molecular formula is C7H9F3N2O3. The van der Waals surface area contributed by atoms with Crippen LogP contribution in [-0.4, -0.2) is 49.3 Å². The first-order valence-electron chi connectivity index (χ1n) is 4.12. The van der Waals surface area contributed by atoms with Crippen molar-refractivity contribution in [3.63, 3.8) is 0 Å². The van der Waals surface area contributed by atoms with Crippen LogP contribution in [0.2, 0.25) is 0 Å². The fraction of sp³-hybridized carbons (Fsp3) is 0.714. The largest absolute Gasteiger partial charge is 0.411 e. The molecule has 0 aromatic rings. The summed E-state index contributed by atoms with van der Waals surface area (Å²) in [7, 11) is 0. The van der Waals surface area contributed by atoms with Gasteiger partial charge in [-0.15, -0.1) is 0 Å². The first-order chi connectivity index (χ1) is 6.88. The van der Waals surface area contributed by atoms with E-state index in [4.69, 9.17) is 0 Å². The zero-order valence-electron chi connectivity index (χ0n) is 7.63. The summed E-state index contributed by atoms with van der Waals surface area (Å²) in [6.07, 6.45) is -4.37. The van der Waals surface area contributed by atoms with Crippen LogP contribution in [0.1, 0.15) is 0 Å². The molecule has 1 fully saturated rings. The Labute approximate surface area is 83.2 Å². The summed E-state index contributed by atoms with van der Waals surface area (Å²) >= 11 is 0. The number of hydrogen-bond donors (Lipinski definition) is 1. The van der Waals surface area contributed by atoms with Gasteiger partial charge in [0.1, 0.15) is 13.2 Å². The molecule has 0 unspecified atom stereocenters. The van der Waals surface area contributed by atoms with Gasteiger partial charge in [-0.3, -0.25) is 10.1 Å². The molecule has 0 spiro atoms. The van der Waals surface area contributed by atoms with Crippen LogP contribution in [0, 0.1) is 0 Å². The molecule has 1 aliphatic heterocycles. The van der Waals surface area contributed by atoms with Gasteiger partial charge in [-0.25, -0.2) is 4.79 Å². The topological polar surface area (TPSA) is 58.6 Å². The highest BCUT2D eigenvalue weighted by molar-refractivity contribution is 6.01. The Bertz CT molecular complexity index is 267. The number of urea groups is 1. The van der Waals surface area contributed by atoms with Crippen LogP contribution < -0.4 is 5.32 Å². The van der Waals surface area contributed by atoms with Crippen LogP contribution in [-0.2, 0) is 9.53 Å². The normalized spacial score (nSPS) is 17.1. The molecule has 1 aliphatic rings. The Kier molecular flexibility index (Phi) is 3.51. The van der Waals surface area contributed by atoms with Gasteiger partial charge in [0.15, 0.2) is 0 Å². The second kappa shape index (κ2) is 4.47. The minimum Gasteiger partial charge on any atom is -0.370 e. The molecule has 1 saturated heterocycles. The molecule has 15 heavy (non-hydrogen) atoms. The number of halogens is 3. The van der Waals surface area contributed by atoms with Crippen molar-refractivity contribution >= 4 is 11.9 Å². The van der Waals surface area contributed by atoms with E-state index in [1.807, 2.05) is 5.32 Å². The van der Waals surface area contributed by atoms with E-state index in [2.05, 4.69) is 4.74 Å². The molecule has 1 heterocycles. The van der Waals surface area contributed by atoms with Crippen molar-refractivity contribution in [2.24, 2.45) is 0 Å². The van der Waals surface area contributed by atoms with Gasteiger partial charge in [-0.05, 0) is 0 Å². The fourth-order valence-electron chi connectivity index (χ4n) is 1.03. The number of nitrogens with zero attached hydrogens (tertiary/aromatic N) is 1. The van der Waals surface area contributed by atoms with Crippen molar-refractivity contribution < 1.29 is 27.5 Å². The maximum absolute atomic E-state index is 11.6. The highest BCUT2D eigenvalue weighted by Crippen LogP contribution is 2.14. The standard InChI is InChI=1S/C7H9F3N2O3/c8-7(9,10)4-15-2-1-12-3-5(13)11-6(12)14/h1-4H2,(H,11,13,14). The lowest BCUT2D eigenvalue weighted by Crippen LogP contribution is -2.32. The van der Waals surface area contributed by atoms with E-state index in [0.717, 1.165) is 4.90 Å². The Morgan fingerprint density at radius 1 is 1.40 bits per heavy atom. The number of hydrogen-bond acceptors (Lipinski definition) is 3. The van der Waals surface area contributed by atoms with Crippen molar-refractivity contribution in [1.82, 2.24) is 10.2 Å². The van der Waals surface area contributed by atoms with Crippen molar-refractivity contribution in [1.29, 1.82) is 0 Å². The summed E-state index contributed by atoms with van der Waals surface area (Å²) in [6, 6.07) is -0.601. The lowest BCUT2D eigenvalue weighted by Gasteiger charge is -2.13. The summed E-state index contributed by atoms with van der Waals surface area (Å²) in [5.41, 5.74) is 0. The maximum atomic E-state index is 11.6. The SMILES string of the molecule is O=C1CN(CCOCC(F)(F)F)C(=O)N1. The van der Waals surface area contributed by atoms with E-state index in [-0.39, 0.29) is 19.7 Å². The average molecular weight is 226 g/mol. The first kappa shape index (κ1) is 11.8. The van der Waals surface area contributed by atoms with Gasteiger partial charge in [0.05, 0.1) is 6.61 Å². The van der Waals surface area contributed by atoms with E-state index < -0.39 is 24.7 Å². The zero-order chi connectivity index (χ0) is 11.5. The lowest BCUT2D eigenvalue weighted by atomic mass is 10.5. The Balaban J connectivity index is 2.16. The Hall–Kier alpha value is -1.31. The second-order valence-corrected chi connectivity index (χ2v) is 2.94. The van der Waals surface area contributed by atoms with Crippen LogP contribution in [0.25, 0.3) is 0 Å². The Morgan fingerprint density at radius 3 is 2.53 bits per heavy atom. The van der Waals surface area contributed by atoms with Crippen molar-refractivity contribution in [2.45, 2.75) is 6.18 Å². The molecule has 0 radical (unpaired) electrons. The monoisotopic (exact) mass is 226 g/mol. The summed E-state index contributed by atoms with van der Waals surface area (Å²) in [5.74, 6) is -0.462. The number of alkyl halides is 3. The van der Waals surface area contributed by atoms with Gasteiger partial charge >= 0.3 is 12.2 Å². The van der Waals surface area contributed by atoms with E-state index in [1.54, 1.807) is 0 Å². The van der Waals surface area contributed by atoms with E-state index >= 15 is 0 Å². The van der Waals surface area contributed by atoms with Crippen LogP contribution >= 0.6 is 0 Å². The number of amides is 3. The smallest absolute Gasteiger partial charge is 0.370 e. The summed E-state index contributed by atoms with van der Waals surface area (Å²) in [5, 5.41) is 1.99. The minimum absolute atomic E-state index is 0.0341. The molecule has 86 valence electrons. The van der Waals surface area contributed by atoms with Crippen LogP contribution in [0.5, 0.6) is 0 Å². The maximum Gasteiger partial charge on any atom is 0.411 e. The Morgan fingerprint density at radius 2 is 2.07 bits per heavy atom. The van der Waals surface area contributed by atoms with E-state index in [9.17, 15) is 22.8 Å². The quantitative estimate of drug-likeness (QED) is 0.547. The summed E-state index contributed by atoms with van der Waals surface area (Å²) in [6.45, 7) is -1.77. The van der Waals surface area contributed by atoms with Gasteiger partial charge in [-0.2, -0.15) is 13.2 Å². The number of rotatable bonds is 4. The van der Waals surface area contributed by atoms with Crippen LogP contribution in [0.4, 0.5) is 18.0 Å². The first-order valence-corrected chi connectivity index (χ1v) is 4.12. The number of carbonyl (C=O) groups is 2. The predicted molar refractivity (Wildman–Crippen MR) is 42.0 cm³/mol. The molecule has 0 aromatic carbocycles. The van der Waals surface area contributed by atoms with Gasteiger partial charge in [0.2, 0.25) is 5.91 Å². The zero-order valence-corrected chi connectivity index (χ0v) is 7.63. The molecule has 3 amide bonds. The molecule has 8 heteroatoms. The molecule has 1 rings (SSSR count). The fourth-order valence-corrected chi connectivity index (χ4v) is 1.03. The number of ether oxygens (including phenoxy) is 1. The van der Waals surface area contributed by atoms with Gasteiger partial charge in [0, 0.05) is 6.54 Å². The number of carbonyl (C=O) groups excluding carboxylic acids is 2. The highest BCUT2D eigenvalue weighted by atomic mass is 19.4. The second-order valence-electron chi connectivity index (χ2n) is 2.94. The number of imide groups is 1. The third kappa shape index (κ3) is 4.15. The third-order valence-electron chi connectivity index (χ3n) is 1.64. The minimum atomic E-state index is -4.37. The molecule has 1 N–H and O–H groups in total. The van der Waals surface area contributed by atoms with Gasteiger partial charge in [0.25, 0.3) is 0 Å². The summed E-state index contributed by atoms with van der Waals surface area (Å²) in [4.78, 5) is 22.6. The predicted octanol–water partition coefficient (Wildman–Crippen LogP) is 0.117. The van der Waals surface area contributed by atoms with Crippen LogP contribution in [0.3, 0.4) is 0 Å². The molecule has 0 bridgehead atoms. The van der Waals surface area contributed by atoms with Crippen molar-refractivity contribution in [3.8, 4) is 0 Å². The molecule has 5 nitrogen and oxygen atoms in total. The van der Waals surface area contributed by atoms with Crippen molar-refractivity contribution in [2.75, 3.05) is 26.3 Å².